The Hall–Kier alpha value is -0.120. The maximum Gasteiger partial charge on any atom is 0.0480 e. The van der Waals surface area contributed by atoms with Crippen LogP contribution in [0, 0.1) is 0 Å². The van der Waals surface area contributed by atoms with Crippen LogP contribution >= 0.6 is 0 Å². The summed E-state index contributed by atoms with van der Waals surface area (Å²) in [7, 11) is 0. The quantitative estimate of drug-likeness (QED) is 0.788. The van der Waals surface area contributed by atoms with E-state index in [0.29, 0.717) is 6.04 Å². The standard InChI is InChI=1S/C15H30N2O/c1-2-5-15-6-3-4-10-17(15)11-9-16-14-7-12-18-13-8-14/h14-16H,2-13H2,1H3. The van der Waals surface area contributed by atoms with Crippen molar-refractivity contribution in [2.75, 3.05) is 32.8 Å². The predicted molar refractivity (Wildman–Crippen MR) is 76.0 cm³/mol. The summed E-state index contributed by atoms with van der Waals surface area (Å²) in [6.45, 7) is 7.92. The van der Waals surface area contributed by atoms with Gasteiger partial charge in [-0.15, -0.1) is 0 Å². The van der Waals surface area contributed by atoms with E-state index in [1.165, 1.54) is 58.0 Å². The number of piperidine rings is 1. The molecule has 0 aromatic carbocycles. The number of nitrogens with zero attached hydrogens (tertiary/aromatic N) is 1. The monoisotopic (exact) mass is 254 g/mol. The molecule has 2 fully saturated rings. The minimum absolute atomic E-state index is 0.702. The van der Waals surface area contributed by atoms with Gasteiger partial charge in [-0.1, -0.05) is 19.8 Å². The van der Waals surface area contributed by atoms with Crippen LogP contribution in [0.1, 0.15) is 51.9 Å². The van der Waals surface area contributed by atoms with E-state index in [1.54, 1.807) is 0 Å². The van der Waals surface area contributed by atoms with Crippen LogP contribution in [0.3, 0.4) is 0 Å². The van der Waals surface area contributed by atoms with Crippen LogP contribution < -0.4 is 5.32 Å². The topological polar surface area (TPSA) is 24.5 Å². The second-order valence-corrected chi connectivity index (χ2v) is 5.82. The van der Waals surface area contributed by atoms with Gasteiger partial charge in [0.05, 0.1) is 0 Å². The molecule has 2 heterocycles. The van der Waals surface area contributed by atoms with Crippen molar-refractivity contribution in [1.82, 2.24) is 10.2 Å². The van der Waals surface area contributed by atoms with Crippen molar-refractivity contribution in [2.45, 2.75) is 64.0 Å². The third-order valence-corrected chi connectivity index (χ3v) is 4.42. The number of hydrogen-bond acceptors (Lipinski definition) is 3. The number of ether oxygens (including phenoxy) is 1. The molecule has 3 nitrogen and oxygen atoms in total. The summed E-state index contributed by atoms with van der Waals surface area (Å²) in [6, 6.07) is 1.56. The SMILES string of the molecule is CCCC1CCCCN1CCNC1CCOCC1. The molecule has 2 saturated heterocycles. The summed E-state index contributed by atoms with van der Waals surface area (Å²) in [5.41, 5.74) is 0. The Morgan fingerprint density at radius 2 is 2.00 bits per heavy atom. The van der Waals surface area contributed by atoms with E-state index in [9.17, 15) is 0 Å². The lowest BCUT2D eigenvalue weighted by atomic mass is 9.98. The van der Waals surface area contributed by atoms with Crippen molar-refractivity contribution < 1.29 is 4.74 Å². The molecule has 0 saturated carbocycles. The smallest absolute Gasteiger partial charge is 0.0480 e. The Labute approximate surface area is 112 Å². The first-order chi connectivity index (χ1) is 8.90. The maximum atomic E-state index is 5.39. The first kappa shape index (κ1) is 14.3. The van der Waals surface area contributed by atoms with E-state index in [0.717, 1.165) is 25.8 Å². The van der Waals surface area contributed by atoms with Gasteiger partial charge in [-0.3, -0.25) is 4.90 Å². The average molecular weight is 254 g/mol. The fourth-order valence-electron chi connectivity index (χ4n) is 3.33. The van der Waals surface area contributed by atoms with Crippen molar-refractivity contribution in [2.24, 2.45) is 0 Å². The van der Waals surface area contributed by atoms with Crippen LogP contribution in [0.5, 0.6) is 0 Å². The zero-order valence-corrected chi connectivity index (χ0v) is 12.0. The fourth-order valence-corrected chi connectivity index (χ4v) is 3.33. The van der Waals surface area contributed by atoms with Crippen molar-refractivity contribution in [3.05, 3.63) is 0 Å². The predicted octanol–water partition coefficient (Wildman–Crippen LogP) is 2.41. The fraction of sp³-hybridized carbons (Fsp3) is 1.00. The molecule has 2 aliphatic heterocycles. The average Bonchev–Trinajstić information content (AvgIpc) is 2.42. The molecule has 1 N–H and O–H groups in total. The summed E-state index contributed by atoms with van der Waals surface area (Å²) in [6.07, 6.45) is 9.36. The Bertz CT molecular complexity index is 215. The normalized spacial score (nSPS) is 27.5. The van der Waals surface area contributed by atoms with Gasteiger partial charge < -0.3 is 10.1 Å². The van der Waals surface area contributed by atoms with Gasteiger partial charge in [0.15, 0.2) is 0 Å². The van der Waals surface area contributed by atoms with Crippen LogP contribution in [0.15, 0.2) is 0 Å². The largest absolute Gasteiger partial charge is 0.381 e. The second-order valence-electron chi connectivity index (χ2n) is 5.82. The van der Waals surface area contributed by atoms with Crippen LogP contribution in [-0.4, -0.2) is 49.8 Å². The number of likely N-dealkylation sites (tertiary alicyclic amines) is 1. The van der Waals surface area contributed by atoms with Crippen LogP contribution in [0.25, 0.3) is 0 Å². The molecule has 1 atom stereocenters. The zero-order chi connectivity index (χ0) is 12.6. The number of hydrogen-bond donors (Lipinski definition) is 1. The van der Waals surface area contributed by atoms with Crippen molar-refractivity contribution >= 4 is 0 Å². The molecular formula is C15H30N2O. The van der Waals surface area contributed by atoms with Gasteiger partial charge in [0.2, 0.25) is 0 Å². The molecule has 0 bridgehead atoms. The van der Waals surface area contributed by atoms with Gasteiger partial charge in [-0.25, -0.2) is 0 Å². The highest BCUT2D eigenvalue weighted by atomic mass is 16.5. The van der Waals surface area contributed by atoms with Gasteiger partial charge in [0.25, 0.3) is 0 Å². The summed E-state index contributed by atoms with van der Waals surface area (Å²) >= 11 is 0. The molecule has 106 valence electrons. The third kappa shape index (κ3) is 4.52. The van der Waals surface area contributed by atoms with E-state index >= 15 is 0 Å². The Morgan fingerprint density at radius 3 is 2.78 bits per heavy atom. The lowest BCUT2D eigenvalue weighted by Gasteiger charge is -2.36. The molecule has 1 unspecified atom stereocenters. The van der Waals surface area contributed by atoms with E-state index in [1.807, 2.05) is 0 Å². The molecule has 0 aliphatic carbocycles. The minimum atomic E-state index is 0.702. The van der Waals surface area contributed by atoms with Gasteiger partial charge >= 0.3 is 0 Å². The molecule has 3 heteroatoms. The Balaban J connectivity index is 1.64. The molecule has 0 amide bonds. The zero-order valence-electron chi connectivity index (χ0n) is 12.0. The first-order valence-electron chi connectivity index (χ1n) is 7.95. The van der Waals surface area contributed by atoms with E-state index < -0.39 is 0 Å². The van der Waals surface area contributed by atoms with Crippen molar-refractivity contribution in [3.8, 4) is 0 Å². The Morgan fingerprint density at radius 1 is 1.17 bits per heavy atom. The van der Waals surface area contributed by atoms with E-state index in [-0.39, 0.29) is 0 Å². The summed E-state index contributed by atoms with van der Waals surface area (Å²) in [4.78, 5) is 2.72. The van der Waals surface area contributed by atoms with E-state index in [2.05, 4.69) is 17.1 Å². The molecule has 2 aliphatic rings. The van der Waals surface area contributed by atoms with Gasteiger partial charge in [-0.05, 0) is 38.6 Å². The molecule has 18 heavy (non-hydrogen) atoms. The molecule has 0 aromatic rings. The number of rotatable bonds is 6. The highest BCUT2D eigenvalue weighted by molar-refractivity contribution is 4.78. The second kappa shape index (κ2) is 8.13. The highest BCUT2D eigenvalue weighted by Gasteiger charge is 2.21. The summed E-state index contributed by atoms with van der Waals surface area (Å²) < 4.78 is 5.39. The maximum absolute atomic E-state index is 5.39. The van der Waals surface area contributed by atoms with Gasteiger partial charge in [0.1, 0.15) is 0 Å². The summed E-state index contributed by atoms with van der Waals surface area (Å²) in [5.74, 6) is 0. The lowest BCUT2D eigenvalue weighted by molar-refractivity contribution is 0.0753. The summed E-state index contributed by atoms with van der Waals surface area (Å²) in [5, 5.41) is 3.71. The highest BCUT2D eigenvalue weighted by Crippen LogP contribution is 2.20. The lowest BCUT2D eigenvalue weighted by Crippen LogP contribution is -2.45. The van der Waals surface area contributed by atoms with Gasteiger partial charge in [0, 0.05) is 38.4 Å². The third-order valence-electron chi connectivity index (χ3n) is 4.42. The van der Waals surface area contributed by atoms with E-state index in [4.69, 9.17) is 4.74 Å². The first-order valence-corrected chi connectivity index (χ1v) is 7.95. The van der Waals surface area contributed by atoms with Crippen molar-refractivity contribution in [3.63, 3.8) is 0 Å². The molecule has 0 aromatic heterocycles. The van der Waals surface area contributed by atoms with Crippen LogP contribution in [-0.2, 0) is 4.74 Å². The van der Waals surface area contributed by atoms with Crippen molar-refractivity contribution in [1.29, 1.82) is 0 Å². The molecule has 0 radical (unpaired) electrons. The van der Waals surface area contributed by atoms with Crippen LogP contribution in [0.4, 0.5) is 0 Å². The number of nitrogens with one attached hydrogen (secondary N) is 1. The Kier molecular flexibility index (Phi) is 6.46. The van der Waals surface area contributed by atoms with Gasteiger partial charge in [-0.2, -0.15) is 0 Å². The molecule has 0 spiro atoms. The minimum Gasteiger partial charge on any atom is -0.381 e. The molecular weight excluding hydrogens is 224 g/mol. The molecule has 2 rings (SSSR count). The van der Waals surface area contributed by atoms with Crippen LogP contribution in [0.2, 0.25) is 0 Å².